The van der Waals surface area contributed by atoms with Crippen LogP contribution in [0.5, 0.6) is 5.75 Å². The zero-order valence-electron chi connectivity index (χ0n) is 23.6. The standard InChI is InChI=1S/C29H41ClFN5O6/c30-22-13-33-29(34-14-22)35-7-5-19(6-8-35)2-1-9-42-23-4-3-21(24(31)11-23)10-27(40)36-16-20(17-36)12-32-15-25(38)28(41)26(39)18-37/h3-4,11,13-14,19-20,25-26,28,32,37-39,41H,1-2,5-10,12,15-18H2/t25-,26-,28+/m1/s1. The molecule has 1 amide bonds. The molecule has 1 aromatic carbocycles. The summed E-state index contributed by atoms with van der Waals surface area (Å²) in [6.45, 7) is 3.25. The molecule has 3 atom stereocenters. The molecule has 232 valence electrons. The van der Waals surface area contributed by atoms with Crippen molar-refractivity contribution in [3.8, 4) is 5.75 Å². The first-order valence-corrected chi connectivity index (χ1v) is 14.9. The van der Waals surface area contributed by atoms with Gasteiger partial charge in [-0.15, -0.1) is 0 Å². The number of rotatable bonds is 15. The zero-order chi connectivity index (χ0) is 30.1. The first-order valence-electron chi connectivity index (χ1n) is 14.5. The van der Waals surface area contributed by atoms with E-state index in [9.17, 15) is 24.5 Å². The van der Waals surface area contributed by atoms with E-state index in [1.54, 1.807) is 29.4 Å². The van der Waals surface area contributed by atoms with Gasteiger partial charge in [-0.2, -0.15) is 0 Å². The van der Waals surface area contributed by atoms with Crippen LogP contribution in [0.1, 0.15) is 31.2 Å². The van der Waals surface area contributed by atoms with Crippen LogP contribution in [-0.2, 0) is 11.2 Å². The highest BCUT2D eigenvalue weighted by Gasteiger charge is 2.31. The van der Waals surface area contributed by atoms with Crippen LogP contribution in [0.4, 0.5) is 10.3 Å². The van der Waals surface area contributed by atoms with Crippen molar-refractivity contribution in [2.45, 2.75) is 50.4 Å². The van der Waals surface area contributed by atoms with Crippen LogP contribution in [0.3, 0.4) is 0 Å². The third kappa shape index (κ3) is 9.19. The molecule has 3 heterocycles. The molecule has 4 rings (SSSR count). The second-order valence-electron chi connectivity index (χ2n) is 11.2. The van der Waals surface area contributed by atoms with E-state index in [4.69, 9.17) is 21.4 Å². The number of aliphatic hydroxyl groups is 4. The van der Waals surface area contributed by atoms with E-state index in [-0.39, 0.29) is 24.8 Å². The Kier molecular flexibility index (Phi) is 12.1. The van der Waals surface area contributed by atoms with Crippen LogP contribution in [0.15, 0.2) is 30.6 Å². The number of anilines is 1. The smallest absolute Gasteiger partial charge is 0.227 e. The highest BCUT2D eigenvalue weighted by molar-refractivity contribution is 6.30. The fraction of sp³-hybridized carbons (Fsp3) is 0.621. The van der Waals surface area contributed by atoms with Crippen LogP contribution in [0.25, 0.3) is 0 Å². The molecular weight excluding hydrogens is 569 g/mol. The number of ether oxygens (including phenoxy) is 1. The summed E-state index contributed by atoms with van der Waals surface area (Å²) >= 11 is 5.87. The molecular formula is C29H41ClFN5O6. The molecule has 0 aliphatic carbocycles. The average Bonchev–Trinajstić information content (AvgIpc) is 2.97. The van der Waals surface area contributed by atoms with Gasteiger partial charge in [-0.3, -0.25) is 4.79 Å². The second-order valence-corrected chi connectivity index (χ2v) is 11.6. The third-order valence-electron chi connectivity index (χ3n) is 7.97. The summed E-state index contributed by atoms with van der Waals surface area (Å²) in [5, 5.41) is 41.2. The summed E-state index contributed by atoms with van der Waals surface area (Å²) in [6, 6.07) is 4.64. The number of carbonyl (C=O) groups excluding carboxylic acids is 1. The average molecular weight is 610 g/mol. The molecule has 2 aliphatic heterocycles. The number of likely N-dealkylation sites (tertiary alicyclic amines) is 1. The molecule has 0 spiro atoms. The third-order valence-corrected chi connectivity index (χ3v) is 8.16. The van der Waals surface area contributed by atoms with Gasteiger partial charge in [-0.25, -0.2) is 14.4 Å². The Morgan fingerprint density at radius 2 is 1.83 bits per heavy atom. The van der Waals surface area contributed by atoms with Crippen molar-refractivity contribution in [3.05, 3.63) is 47.0 Å². The predicted molar refractivity (Wildman–Crippen MR) is 155 cm³/mol. The van der Waals surface area contributed by atoms with Crippen LogP contribution in [-0.4, -0.2) is 112 Å². The van der Waals surface area contributed by atoms with Crippen molar-refractivity contribution in [2.75, 3.05) is 57.4 Å². The van der Waals surface area contributed by atoms with Gasteiger partial charge in [0.05, 0.1) is 43.2 Å². The van der Waals surface area contributed by atoms with Gasteiger partial charge in [-0.05, 0) is 43.2 Å². The zero-order valence-corrected chi connectivity index (χ0v) is 24.4. The molecule has 0 saturated carbocycles. The van der Waals surface area contributed by atoms with Gasteiger partial charge >= 0.3 is 0 Å². The molecule has 0 radical (unpaired) electrons. The maximum atomic E-state index is 14.7. The van der Waals surface area contributed by atoms with Gasteiger partial charge in [0, 0.05) is 51.3 Å². The number of piperidine rings is 1. The Labute approximate surface area is 250 Å². The van der Waals surface area contributed by atoms with Crippen molar-refractivity contribution < 1.29 is 34.3 Å². The van der Waals surface area contributed by atoms with Crippen LogP contribution < -0.4 is 15.0 Å². The van der Waals surface area contributed by atoms with E-state index in [1.165, 1.54) is 6.07 Å². The maximum Gasteiger partial charge on any atom is 0.227 e. The number of hydrogen-bond donors (Lipinski definition) is 5. The summed E-state index contributed by atoms with van der Waals surface area (Å²) in [4.78, 5) is 25.0. The lowest BCUT2D eigenvalue weighted by Gasteiger charge is -2.39. The SMILES string of the molecule is O=C(Cc1ccc(OCCCC2CCN(c3ncc(Cl)cn3)CC2)cc1F)N1CC(CNC[C@@H](O)[C@H](O)[C@H](O)CO)C1. The summed E-state index contributed by atoms with van der Waals surface area (Å²) in [5.41, 5.74) is 0.324. The number of nitrogens with zero attached hydrogens (tertiary/aromatic N) is 4. The summed E-state index contributed by atoms with van der Waals surface area (Å²) in [5.74, 6) is 1.31. The van der Waals surface area contributed by atoms with Crippen LogP contribution in [0.2, 0.25) is 5.02 Å². The molecule has 0 unspecified atom stereocenters. The predicted octanol–water partition coefficient (Wildman–Crippen LogP) is 1.01. The van der Waals surface area contributed by atoms with Gasteiger partial charge in [0.2, 0.25) is 11.9 Å². The first kappa shape index (κ1) is 32.3. The fourth-order valence-corrected chi connectivity index (χ4v) is 5.41. The molecule has 2 aliphatic rings. The number of halogens is 2. The number of benzene rings is 1. The highest BCUT2D eigenvalue weighted by Crippen LogP contribution is 2.25. The Morgan fingerprint density at radius 1 is 1.12 bits per heavy atom. The van der Waals surface area contributed by atoms with Gasteiger partial charge in [0.25, 0.3) is 0 Å². The van der Waals surface area contributed by atoms with Gasteiger partial charge in [0.15, 0.2) is 0 Å². The van der Waals surface area contributed by atoms with Gasteiger partial charge < -0.3 is 40.3 Å². The minimum Gasteiger partial charge on any atom is -0.493 e. The van der Waals surface area contributed by atoms with E-state index < -0.39 is 30.7 Å². The molecule has 1 aromatic heterocycles. The molecule has 2 fully saturated rings. The van der Waals surface area contributed by atoms with Crippen molar-refractivity contribution in [2.24, 2.45) is 11.8 Å². The fourth-order valence-electron chi connectivity index (χ4n) is 5.31. The minimum absolute atomic E-state index is 0.0318. The van der Waals surface area contributed by atoms with E-state index >= 15 is 0 Å². The summed E-state index contributed by atoms with van der Waals surface area (Å²) in [7, 11) is 0. The number of hydrogen-bond acceptors (Lipinski definition) is 10. The summed E-state index contributed by atoms with van der Waals surface area (Å²) in [6.07, 6.45) is 3.15. The number of aromatic nitrogens is 2. The highest BCUT2D eigenvalue weighted by atomic mass is 35.5. The summed E-state index contributed by atoms with van der Waals surface area (Å²) < 4.78 is 20.5. The van der Waals surface area contributed by atoms with Gasteiger partial charge in [0.1, 0.15) is 23.8 Å². The van der Waals surface area contributed by atoms with E-state index in [0.29, 0.717) is 54.4 Å². The van der Waals surface area contributed by atoms with Crippen molar-refractivity contribution in [3.63, 3.8) is 0 Å². The van der Waals surface area contributed by atoms with Crippen LogP contribution in [0, 0.1) is 17.7 Å². The van der Waals surface area contributed by atoms with Crippen molar-refractivity contribution >= 4 is 23.5 Å². The Balaban J connectivity index is 1.08. The Bertz CT molecular complexity index is 1130. The van der Waals surface area contributed by atoms with E-state index in [1.807, 2.05) is 0 Å². The normalized spacial score (nSPS) is 18.4. The lowest BCUT2D eigenvalue weighted by Crippen LogP contribution is -2.54. The Morgan fingerprint density at radius 3 is 2.50 bits per heavy atom. The number of carbonyl (C=O) groups is 1. The molecule has 5 N–H and O–H groups in total. The number of nitrogens with one attached hydrogen (secondary N) is 1. The van der Waals surface area contributed by atoms with Crippen molar-refractivity contribution in [1.82, 2.24) is 20.2 Å². The molecule has 2 aromatic rings. The topological polar surface area (TPSA) is 152 Å². The van der Waals surface area contributed by atoms with Crippen molar-refractivity contribution in [1.29, 1.82) is 0 Å². The largest absolute Gasteiger partial charge is 0.493 e. The lowest BCUT2D eigenvalue weighted by molar-refractivity contribution is -0.136. The molecule has 42 heavy (non-hydrogen) atoms. The number of amides is 1. The first-order chi connectivity index (χ1) is 20.2. The number of aliphatic hydroxyl groups excluding tert-OH is 4. The van der Waals surface area contributed by atoms with Crippen LogP contribution >= 0.6 is 11.6 Å². The monoisotopic (exact) mass is 609 g/mol. The van der Waals surface area contributed by atoms with E-state index in [0.717, 1.165) is 38.8 Å². The molecule has 13 heteroatoms. The molecule has 2 saturated heterocycles. The maximum absolute atomic E-state index is 14.7. The second kappa shape index (κ2) is 15.7. The molecule has 0 bridgehead atoms. The molecule has 11 nitrogen and oxygen atoms in total. The van der Waals surface area contributed by atoms with E-state index in [2.05, 4.69) is 20.2 Å². The van der Waals surface area contributed by atoms with Gasteiger partial charge in [-0.1, -0.05) is 17.7 Å². The quantitative estimate of drug-likeness (QED) is 0.185. The Hall–Kier alpha value is -2.61. The lowest BCUT2D eigenvalue weighted by atomic mass is 9.92. The minimum atomic E-state index is -1.44.